The molecule has 2 nitrogen and oxygen atoms in total. The van der Waals surface area contributed by atoms with Crippen LogP contribution < -0.4 is 0 Å². The summed E-state index contributed by atoms with van der Waals surface area (Å²) in [4.78, 5) is 10.1. The fourth-order valence-electron chi connectivity index (χ4n) is 1.57. The molecule has 0 atom stereocenters. The Bertz CT molecular complexity index is 339. The minimum atomic E-state index is -2.94. The van der Waals surface area contributed by atoms with Crippen LogP contribution in [0.2, 0.25) is 0 Å². The summed E-state index contributed by atoms with van der Waals surface area (Å²) in [6.45, 7) is -0.286. The quantitative estimate of drug-likeness (QED) is 0.499. The van der Waals surface area contributed by atoms with E-state index in [0.29, 0.717) is 19.4 Å². The van der Waals surface area contributed by atoms with Gasteiger partial charge in [0, 0.05) is 18.6 Å². The Labute approximate surface area is 106 Å². The van der Waals surface area contributed by atoms with Crippen molar-refractivity contribution in [3.8, 4) is 0 Å². The van der Waals surface area contributed by atoms with Crippen LogP contribution in [-0.2, 0) is 15.5 Å². The molecule has 0 aliphatic carbocycles. The number of aldehydes is 1. The van der Waals surface area contributed by atoms with Crippen LogP contribution >= 0.6 is 0 Å². The maximum absolute atomic E-state index is 13.6. The summed E-state index contributed by atoms with van der Waals surface area (Å²) in [6.07, 6.45) is 3.72. The van der Waals surface area contributed by atoms with Crippen molar-refractivity contribution in [1.29, 1.82) is 0 Å². The highest BCUT2D eigenvalue weighted by molar-refractivity contribution is 5.48. The summed E-state index contributed by atoms with van der Waals surface area (Å²) < 4.78 is 32.2. The Morgan fingerprint density at radius 2 is 1.83 bits per heavy atom. The Morgan fingerprint density at radius 1 is 1.11 bits per heavy atom. The van der Waals surface area contributed by atoms with E-state index in [9.17, 15) is 13.6 Å². The molecule has 0 spiro atoms. The first-order valence-corrected chi connectivity index (χ1v) is 6.11. The fourth-order valence-corrected chi connectivity index (χ4v) is 1.57. The monoisotopic (exact) mass is 256 g/mol. The van der Waals surface area contributed by atoms with Crippen LogP contribution in [0.4, 0.5) is 8.78 Å². The van der Waals surface area contributed by atoms with Crippen LogP contribution in [0, 0.1) is 0 Å². The molecule has 0 radical (unpaired) electrons. The predicted molar refractivity (Wildman–Crippen MR) is 65.7 cm³/mol. The number of carbonyl (C=O) groups is 1. The van der Waals surface area contributed by atoms with Gasteiger partial charge in [-0.05, 0) is 12.8 Å². The Morgan fingerprint density at radius 3 is 2.50 bits per heavy atom. The van der Waals surface area contributed by atoms with Gasteiger partial charge in [-0.25, -0.2) is 0 Å². The fraction of sp³-hybridized carbons (Fsp3) is 0.500. The van der Waals surface area contributed by atoms with Crippen molar-refractivity contribution in [1.82, 2.24) is 0 Å². The number of ether oxygens (including phenoxy) is 1. The molecule has 0 N–H and O–H groups in total. The summed E-state index contributed by atoms with van der Waals surface area (Å²) in [5, 5.41) is 0. The molecule has 0 aliphatic rings. The minimum Gasteiger partial charge on any atom is -0.375 e. The van der Waals surface area contributed by atoms with Crippen LogP contribution in [-0.4, -0.2) is 19.5 Å². The lowest BCUT2D eigenvalue weighted by Crippen LogP contribution is -2.21. The van der Waals surface area contributed by atoms with Crippen molar-refractivity contribution < 1.29 is 18.3 Å². The van der Waals surface area contributed by atoms with Crippen LogP contribution in [0.3, 0.4) is 0 Å². The lowest BCUT2D eigenvalue weighted by atomic mass is 10.1. The number of carbonyl (C=O) groups excluding carboxylic acids is 1. The van der Waals surface area contributed by atoms with Gasteiger partial charge in [-0.15, -0.1) is 0 Å². The second-order valence-corrected chi connectivity index (χ2v) is 4.14. The van der Waals surface area contributed by atoms with E-state index >= 15 is 0 Å². The molecule has 0 unspecified atom stereocenters. The molecule has 0 saturated carbocycles. The Hall–Kier alpha value is -1.29. The molecular weight excluding hydrogens is 238 g/mol. The third-order valence-electron chi connectivity index (χ3n) is 2.59. The molecule has 1 aromatic carbocycles. The van der Waals surface area contributed by atoms with Crippen LogP contribution in [0.15, 0.2) is 30.3 Å². The average Bonchev–Trinajstić information content (AvgIpc) is 2.39. The first kappa shape index (κ1) is 14.8. The zero-order valence-corrected chi connectivity index (χ0v) is 10.3. The molecule has 0 saturated heterocycles. The van der Waals surface area contributed by atoms with Crippen LogP contribution in [0.5, 0.6) is 0 Å². The largest absolute Gasteiger partial charge is 0.375 e. The van der Waals surface area contributed by atoms with Crippen LogP contribution in [0.25, 0.3) is 0 Å². The second-order valence-electron chi connectivity index (χ2n) is 4.14. The molecule has 0 aromatic heterocycles. The van der Waals surface area contributed by atoms with Crippen molar-refractivity contribution in [3.63, 3.8) is 0 Å². The Balaban J connectivity index is 2.20. The van der Waals surface area contributed by atoms with Crippen molar-refractivity contribution >= 4 is 6.29 Å². The third-order valence-corrected chi connectivity index (χ3v) is 2.59. The van der Waals surface area contributed by atoms with Gasteiger partial charge in [-0.3, -0.25) is 0 Å². The zero-order valence-electron chi connectivity index (χ0n) is 10.3. The maximum Gasteiger partial charge on any atom is 0.296 e. The van der Waals surface area contributed by atoms with Gasteiger partial charge in [-0.1, -0.05) is 36.8 Å². The van der Waals surface area contributed by atoms with Crippen LogP contribution in [0.1, 0.15) is 31.2 Å². The molecule has 0 amide bonds. The third kappa shape index (κ3) is 5.36. The molecule has 4 heteroatoms. The van der Waals surface area contributed by atoms with E-state index in [1.54, 1.807) is 18.2 Å². The number of unbranched alkanes of at least 4 members (excludes halogenated alkanes) is 3. The average molecular weight is 256 g/mol. The molecule has 100 valence electrons. The predicted octanol–water partition coefficient (Wildman–Crippen LogP) is 3.55. The van der Waals surface area contributed by atoms with E-state index < -0.39 is 12.5 Å². The van der Waals surface area contributed by atoms with Gasteiger partial charge in [0.1, 0.15) is 12.9 Å². The standard InChI is InChI=1S/C14H18F2O2/c15-14(16,13-8-4-3-5-9-13)12-18-11-7-2-1-6-10-17/h3-5,8-10H,1-2,6-7,11-12H2. The summed E-state index contributed by atoms with van der Waals surface area (Å²) in [7, 11) is 0. The minimum absolute atomic E-state index is 0.0223. The van der Waals surface area contributed by atoms with E-state index in [-0.39, 0.29) is 5.56 Å². The first-order valence-electron chi connectivity index (χ1n) is 6.11. The van der Waals surface area contributed by atoms with Gasteiger partial charge in [-0.2, -0.15) is 8.78 Å². The molecule has 0 heterocycles. The molecular formula is C14H18F2O2. The molecule has 1 rings (SSSR count). The van der Waals surface area contributed by atoms with E-state index in [2.05, 4.69) is 0 Å². The van der Waals surface area contributed by atoms with Crippen molar-refractivity contribution in [3.05, 3.63) is 35.9 Å². The summed E-state index contributed by atoms with van der Waals surface area (Å²) in [6, 6.07) is 7.67. The normalized spacial score (nSPS) is 11.4. The van der Waals surface area contributed by atoms with E-state index in [4.69, 9.17) is 4.74 Å². The maximum atomic E-state index is 13.6. The molecule has 0 bridgehead atoms. The number of hydrogen-bond donors (Lipinski definition) is 0. The van der Waals surface area contributed by atoms with Crippen molar-refractivity contribution in [2.24, 2.45) is 0 Å². The number of hydrogen-bond acceptors (Lipinski definition) is 2. The lowest BCUT2D eigenvalue weighted by molar-refractivity contribution is -0.107. The highest BCUT2D eigenvalue weighted by Crippen LogP contribution is 2.27. The smallest absolute Gasteiger partial charge is 0.296 e. The van der Waals surface area contributed by atoms with Gasteiger partial charge in [0.25, 0.3) is 5.92 Å². The van der Waals surface area contributed by atoms with E-state index in [0.717, 1.165) is 19.1 Å². The van der Waals surface area contributed by atoms with Gasteiger partial charge in [0.2, 0.25) is 0 Å². The number of alkyl halides is 2. The summed E-state index contributed by atoms with van der Waals surface area (Å²) in [5.74, 6) is -2.94. The first-order chi connectivity index (χ1) is 8.67. The van der Waals surface area contributed by atoms with Gasteiger partial charge in [0.15, 0.2) is 0 Å². The molecule has 1 aromatic rings. The van der Waals surface area contributed by atoms with Gasteiger partial charge in [0.05, 0.1) is 0 Å². The molecule has 18 heavy (non-hydrogen) atoms. The lowest BCUT2D eigenvalue weighted by Gasteiger charge is -2.16. The highest BCUT2D eigenvalue weighted by Gasteiger charge is 2.31. The number of halogens is 2. The Kier molecular flexibility index (Phi) is 6.50. The zero-order chi connectivity index (χ0) is 13.3. The van der Waals surface area contributed by atoms with E-state index in [1.807, 2.05) is 0 Å². The molecule has 0 fully saturated rings. The van der Waals surface area contributed by atoms with Gasteiger partial charge >= 0.3 is 0 Å². The summed E-state index contributed by atoms with van der Waals surface area (Å²) >= 11 is 0. The topological polar surface area (TPSA) is 26.3 Å². The second kappa shape index (κ2) is 7.93. The number of benzene rings is 1. The van der Waals surface area contributed by atoms with Crippen molar-refractivity contribution in [2.45, 2.75) is 31.6 Å². The van der Waals surface area contributed by atoms with Gasteiger partial charge < -0.3 is 9.53 Å². The number of rotatable bonds is 9. The SMILES string of the molecule is O=CCCCCCOCC(F)(F)c1ccccc1. The molecule has 0 aliphatic heterocycles. The summed E-state index contributed by atoms with van der Waals surface area (Å²) in [5.41, 5.74) is -0.0223. The van der Waals surface area contributed by atoms with Crippen molar-refractivity contribution in [2.75, 3.05) is 13.2 Å². The highest BCUT2D eigenvalue weighted by atomic mass is 19.3. The van der Waals surface area contributed by atoms with E-state index in [1.165, 1.54) is 12.1 Å².